The maximum atomic E-state index is 3.70. The van der Waals surface area contributed by atoms with Crippen molar-refractivity contribution >= 4 is 27.3 Å². The van der Waals surface area contributed by atoms with Crippen LogP contribution >= 0.6 is 27.3 Å². The fourth-order valence-electron chi connectivity index (χ4n) is 2.04. The normalized spacial score (nSPS) is 14.4. The Balaban J connectivity index is 2.05. The summed E-state index contributed by atoms with van der Waals surface area (Å²) in [5.74, 6) is 0. The van der Waals surface area contributed by atoms with E-state index in [1.807, 2.05) is 11.3 Å². The number of benzene rings is 1. The van der Waals surface area contributed by atoms with Crippen molar-refractivity contribution in [1.82, 2.24) is 5.32 Å². The third-order valence-corrected chi connectivity index (χ3v) is 4.63. The molecule has 0 aliphatic rings. The maximum absolute atomic E-state index is 3.70. The zero-order valence-electron chi connectivity index (χ0n) is 10.7. The van der Waals surface area contributed by atoms with Crippen molar-refractivity contribution in [3.8, 4) is 0 Å². The van der Waals surface area contributed by atoms with E-state index in [0.717, 1.165) is 10.9 Å². The molecule has 0 bridgehead atoms. The first-order valence-electron chi connectivity index (χ1n) is 6.25. The van der Waals surface area contributed by atoms with Crippen molar-refractivity contribution in [2.75, 3.05) is 0 Å². The number of hydrogen-bond acceptors (Lipinski definition) is 2. The first-order valence-corrected chi connectivity index (χ1v) is 7.93. The van der Waals surface area contributed by atoms with Gasteiger partial charge in [0.05, 0.1) is 0 Å². The Kier molecular flexibility index (Phi) is 4.98. The summed E-state index contributed by atoms with van der Waals surface area (Å²) in [4.78, 5) is 1.42. The average molecular weight is 324 g/mol. The van der Waals surface area contributed by atoms with E-state index < -0.39 is 0 Å². The van der Waals surface area contributed by atoms with Crippen LogP contribution in [0.15, 0.2) is 46.3 Å². The third kappa shape index (κ3) is 3.44. The number of hydrogen-bond donors (Lipinski definition) is 1. The Morgan fingerprint density at radius 1 is 1.22 bits per heavy atom. The zero-order valence-corrected chi connectivity index (χ0v) is 13.1. The first kappa shape index (κ1) is 13.8. The second kappa shape index (κ2) is 6.50. The minimum Gasteiger partial charge on any atom is -0.303 e. The van der Waals surface area contributed by atoms with Crippen molar-refractivity contribution in [3.63, 3.8) is 0 Å². The molecular weight excluding hydrogens is 306 g/mol. The van der Waals surface area contributed by atoms with Gasteiger partial charge in [-0.3, -0.25) is 0 Å². The van der Waals surface area contributed by atoms with Crippen LogP contribution in [0.3, 0.4) is 0 Å². The van der Waals surface area contributed by atoms with Gasteiger partial charge in [-0.1, -0.05) is 41.1 Å². The summed E-state index contributed by atoms with van der Waals surface area (Å²) in [7, 11) is 0. The van der Waals surface area contributed by atoms with E-state index >= 15 is 0 Å². The first-order chi connectivity index (χ1) is 8.70. The van der Waals surface area contributed by atoms with Gasteiger partial charge in [-0.15, -0.1) is 11.3 Å². The van der Waals surface area contributed by atoms with Gasteiger partial charge in [0.15, 0.2) is 0 Å². The molecule has 0 radical (unpaired) electrons. The van der Waals surface area contributed by atoms with Gasteiger partial charge in [-0.25, -0.2) is 0 Å². The smallest absolute Gasteiger partial charge is 0.0416 e. The van der Waals surface area contributed by atoms with E-state index in [4.69, 9.17) is 0 Å². The van der Waals surface area contributed by atoms with Crippen LogP contribution in [0.1, 0.15) is 42.8 Å². The van der Waals surface area contributed by atoms with Crippen molar-refractivity contribution in [3.05, 3.63) is 56.7 Å². The predicted octanol–water partition coefficient (Wildman–Crippen LogP) is 5.31. The summed E-state index contributed by atoms with van der Waals surface area (Å²) in [6, 6.07) is 13.7. The third-order valence-electron chi connectivity index (χ3n) is 3.12. The molecule has 2 rings (SSSR count). The predicted molar refractivity (Wildman–Crippen MR) is 83.0 cm³/mol. The van der Waals surface area contributed by atoms with Gasteiger partial charge in [0, 0.05) is 21.4 Å². The van der Waals surface area contributed by atoms with Crippen LogP contribution in [-0.2, 0) is 0 Å². The molecule has 0 saturated heterocycles. The van der Waals surface area contributed by atoms with Crippen LogP contribution in [0, 0.1) is 0 Å². The zero-order chi connectivity index (χ0) is 13.0. The van der Waals surface area contributed by atoms with Crippen LogP contribution in [-0.4, -0.2) is 0 Å². The highest BCUT2D eigenvalue weighted by Crippen LogP contribution is 2.26. The second-order valence-corrected chi connectivity index (χ2v) is 6.31. The van der Waals surface area contributed by atoms with Crippen LogP contribution in [0.4, 0.5) is 0 Å². The number of rotatable bonds is 5. The van der Waals surface area contributed by atoms with Crippen molar-refractivity contribution in [2.24, 2.45) is 0 Å². The molecule has 2 atom stereocenters. The molecule has 1 aromatic heterocycles. The molecule has 0 aliphatic carbocycles. The van der Waals surface area contributed by atoms with Gasteiger partial charge >= 0.3 is 0 Å². The Morgan fingerprint density at radius 3 is 2.50 bits per heavy atom. The maximum Gasteiger partial charge on any atom is 0.0416 e. The summed E-state index contributed by atoms with van der Waals surface area (Å²) in [5, 5.41) is 5.84. The lowest BCUT2D eigenvalue weighted by atomic mass is 10.1. The molecule has 96 valence electrons. The van der Waals surface area contributed by atoms with E-state index in [1.165, 1.54) is 10.4 Å². The Hall–Kier alpha value is -0.640. The monoisotopic (exact) mass is 323 g/mol. The molecular formula is C15H18BrNS. The van der Waals surface area contributed by atoms with E-state index in [0.29, 0.717) is 12.1 Å². The molecule has 18 heavy (non-hydrogen) atoms. The summed E-state index contributed by atoms with van der Waals surface area (Å²) >= 11 is 5.30. The summed E-state index contributed by atoms with van der Waals surface area (Å²) < 4.78 is 1.13. The quantitative estimate of drug-likeness (QED) is 0.785. The standard InChI is InChI=1S/C15H18BrNS/c1-3-14(15-5-4-10-18-15)17-11(2)12-6-8-13(16)9-7-12/h4-11,14,17H,3H2,1-2H3/t11-,14?/m1/s1. The molecule has 1 aromatic carbocycles. The van der Waals surface area contributed by atoms with Gasteiger partial charge in [0.2, 0.25) is 0 Å². The molecule has 0 aliphatic heterocycles. The summed E-state index contributed by atoms with van der Waals surface area (Å²) in [6.45, 7) is 4.45. The van der Waals surface area contributed by atoms with Crippen LogP contribution < -0.4 is 5.32 Å². The topological polar surface area (TPSA) is 12.0 Å². The molecule has 0 amide bonds. The molecule has 1 heterocycles. The SMILES string of the molecule is CCC(N[C@H](C)c1ccc(Br)cc1)c1cccs1. The Morgan fingerprint density at radius 2 is 1.94 bits per heavy atom. The highest BCUT2D eigenvalue weighted by atomic mass is 79.9. The van der Waals surface area contributed by atoms with E-state index in [1.54, 1.807) is 0 Å². The molecule has 1 unspecified atom stereocenters. The summed E-state index contributed by atoms with van der Waals surface area (Å²) in [5.41, 5.74) is 1.33. The Bertz CT molecular complexity index is 464. The molecule has 0 spiro atoms. The second-order valence-electron chi connectivity index (χ2n) is 4.42. The fraction of sp³-hybridized carbons (Fsp3) is 0.333. The van der Waals surface area contributed by atoms with Crippen LogP contribution in [0.5, 0.6) is 0 Å². The number of halogens is 1. The van der Waals surface area contributed by atoms with Gasteiger partial charge in [0.1, 0.15) is 0 Å². The summed E-state index contributed by atoms with van der Waals surface area (Å²) in [6.07, 6.45) is 1.11. The minimum absolute atomic E-state index is 0.366. The van der Waals surface area contributed by atoms with Gasteiger partial charge < -0.3 is 5.32 Å². The number of nitrogens with one attached hydrogen (secondary N) is 1. The van der Waals surface area contributed by atoms with E-state index in [-0.39, 0.29) is 0 Å². The fourth-order valence-corrected chi connectivity index (χ4v) is 3.17. The highest BCUT2D eigenvalue weighted by Gasteiger charge is 2.14. The van der Waals surface area contributed by atoms with Crippen LogP contribution in [0.25, 0.3) is 0 Å². The molecule has 2 aromatic rings. The largest absolute Gasteiger partial charge is 0.303 e. The molecule has 1 nitrogen and oxygen atoms in total. The highest BCUT2D eigenvalue weighted by molar-refractivity contribution is 9.10. The molecule has 0 saturated carbocycles. The van der Waals surface area contributed by atoms with Gasteiger partial charge in [0.25, 0.3) is 0 Å². The van der Waals surface area contributed by atoms with E-state index in [2.05, 4.69) is 76.9 Å². The molecule has 1 N–H and O–H groups in total. The Labute approximate surface area is 121 Å². The average Bonchev–Trinajstić information content (AvgIpc) is 2.90. The molecule has 0 fully saturated rings. The van der Waals surface area contributed by atoms with Crippen LogP contribution in [0.2, 0.25) is 0 Å². The number of thiophene rings is 1. The van der Waals surface area contributed by atoms with Crippen molar-refractivity contribution in [1.29, 1.82) is 0 Å². The molecule has 3 heteroatoms. The van der Waals surface area contributed by atoms with Crippen molar-refractivity contribution < 1.29 is 0 Å². The van der Waals surface area contributed by atoms with E-state index in [9.17, 15) is 0 Å². The van der Waals surface area contributed by atoms with Crippen molar-refractivity contribution in [2.45, 2.75) is 32.4 Å². The minimum atomic E-state index is 0.366. The van der Waals surface area contributed by atoms with Gasteiger partial charge in [-0.2, -0.15) is 0 Å². The van der Waals surface area contributed by atoms with Gasteiger partial charge in [-0.05, 0) is 42.5 Å². The lowest BCUT2D eigenvalue weighted by molar-refractivity contribution is 0.462. The lowest BCUT2D eigenvalue weighted by Crippen LogP contribution is -2.23. The lowest BCUT2D eigenvalue weighted by Gasteiger charge is -2.21.